The molecule has 29 heavy (non-hydrogen) atoms. The van der Waals surface area contributed by atoms with Crippen molar-refractivity contribution in [1.82, 2.24) is 10.0 Å². The highest BCUT2D eigenvalue weighted by Crippen LogP contribution is 2.31. The number of methoxy groups -OCH3 is 1. The number of amides is 1. The Morgan fingerprint density at radius 1 is 1.17 bits per heavy atom. The third kappa shape index (κ3) is 5.48. The molecule has 9 heteroatoms. The Kier molecular flexibility index (Phi) is 7.65. The summed E-state index contributed by atoms with van der Waals surface area (Å²) in [5, 5.41) is 2.82. The van der Waals surface area contributed by atoms with Crippen molar-refractivity contribution in [2.45, 2.75) is 69.4 Å². The molecule has 1 saturated carbocycles. The number of carbonyl (C=O) groups is 2. The lowest BCUT2D eigenvalue weighted by Crippen LogP contribution is -2.56. The first-order chi connectivity index (χ1) is 13.6. The number of nitrogens with one attached hydrogen (secondary N) is 2. The minimum absolute atomic E-state index is 0.129. The second-order valence-corrected chi connectivity index (χ2v) is 9.14. The molecule has 1 aromatic rings. The van der Waals surface area contributed by atoms with Crippen molar-refractivity contribution in [3.8, 4) is 5.75 Å². The van der Waals surface area contributed by atoms with E-state index in [4.69, 9.17) is 9.47 Å². The Balaban J connectivity index is 2.37. The summed E-state index contributed by atoms with van der Waals surface area (Å²) in [4.78, 5) is 25.4. The van der Waals surface area contributed by atoms with E-state index in [2.05, 4.69) is 10.0 Å². The summed E-state index contributed by atoms with van der Waals surface area (Å²) in [6.07, 6.45) is 3.59. The van der Waals surface area contributed by atoms with Crippen LogP contribution in [-0.4, -0.2) is 45.6 Å². The molecule has 2 rings (SSSR count). The number of hydrogen-bond acceptors (Lipinski definition) is 6. The molecule has 0 bridgehead atoms. The molecular weight excluding hydrogens is 396 g/mol. The first-order valence-corrected chi connectivity index (χ1v) is 11.3. The highest BCUT2D eigenvalue weighted by atomic mass is 32.2. The van der Waals surface area contributed by atoms with Gasteiger partial charge in [-0.15, -0.1) is 0 Å². The van der Waals surface area contributed by atoms with Crippen LogP contribution in [0.3, 0.4) is 0 Å². The van der Waals surface area contributed by atoms with Gasteiger partial charge in [0.1, 0.15) is 16.2 Å². The molecule has 1 amide bonds. The summed E-state index contributed by atoms with van der Waals surface area (Å²) < 4.78 is 38.1. The molecule has 162 valence electrons. The van der Waals surface area contributed by atoms with E-state index in [1.165, 1.54) is 25.3 Å². The third-order valence-corrected chi connectivity index (χ3v) is 6.51. The Hall–Kier alpha value is -2.13. The number of esters is 1. The van der Waals surface area contributed by atoms with Gasteiger partial charge in [-0.3, -0.25) is 4.79 Å². The van der Waals surface area contributed by atoms with E-state index in [1.54, 1.807) is 20.8 Å². The molecule has 1 aromatic carbocycles. The van der Waals surface area contributed by atoms with Crippen LogP contribution in [0.5, 0.6) is 5.75 Å². The topological polar surface area (TPSA) is 111 Å². The summed E-state index contributed by atoms with van der Waals surface area (Å²) >= 11 is 0. The first-order valence-electron chi connectivity index (χ1n) is 9.85. The number of rotatable bonds is 8. The Labute approximate surface area is 172 Å². The zero-order chi connectivity index (χ0) is 21.7. The quantitative estimate of drug-likeness (QED) is 0.618. The summed E-state index contributed by atoms with van der Waals surface area (Å²) in [7, 11) is -2.52. The van der Waals surface area contributed by atoms with Crippen molar-refractivity contribution in [3.05, 3.63) is 23.8 Å². The van der Waals surface area contributed by atoms with Gasteiger partial charge in [0, 0.05) is 11.6 Å². The molecular formula is C20H30N2O6S. The zero-order valence-electron chi connectivity index (χ0n) is 17.4. The lowest BCUT2D eigenvalue weighted by molar-refractivity contribution is -0.152. The highest BCUT2D eigenvalue weighted by Gasteiger charge is 2.42. The Morgan fingerprint density at radius 2 is 1.83 bits per heavy atom. The smallest absolute Gasteiger partial charge is 0.331 e. The van der Waals surface area contributed by atoms with E-state index in [-0.39, 0.29) is 28.9 Å². The first kappa shape index (κ1) is 23.2. The van der Waals surface area contributed by atoms with Gasteiger partial charge < -0.3 is 14.8 Å². The van der Waals surface area contributed by atoms with Crippen molar-refractivity contribution in [1.29, 1.82) is 0 Å². The summed E-state index contributed by atoms with van der Waals surface area (Å²) in [5.41, 5.74) is -0.954. The molecule has 0 aromatic heterocycles. The van der Waals surface area contributed by atoms with Crippen LogP contribution in [0.2, 0.25) is 0 Å². The fraction of sp³-hybridized carbons (Fsp3) is 0.600. The van der Waals surface area contributed by atoms with Gasteiger partial charge >= 0.3 is 5.97 Å². The van der Waals surface area contributed by atoms with Crippen LogP contribution in [0.25, 0.3) is 0 Å². The second-order valence-electron chi connectivity index (χ2n) is 7.46. The van der Waals surface area contributed by atoms with Gasteiger partial charge in [-0.1, -0.05) is 19.3 Å². The predicted octanol–water partition coefficient (Wildman–Crippen LogP) is 2.38. The minimum atomic E-state index is -3.88. The third-order valence-electron chi connectivity index (χ3n) is 4.83. The average Bonchev–Trinajstić information content (AvgIpc) is 2.67. The van der Waals surface area contributed by atoms with Crippen molar-refractivity contribution < 1.29 is 27.5 Å². The van der Waals surface area contributed by atoms with Crippen LogP contribution in [0.15, 0.2) is 23.1 Å². The normalized spacial score (nSPS) is 16.3. The highest BCUT2D eigenvalue weighted by molar-refractivity contribution is 7.89. The molecule has 0 aliphatic heterocycles. The molecule has 1 aliphatic carbocycles. The van der Waals surface area contributed by atoms with E-state index in [0.29, 0.717) is 12.8 Å². The maximum Gasteiger partial charge on any atom is 0.331 e. The standard InChI is InChI=1S/C20H30N2O6S/c1-5-28-19(24)20(11-7-6-8-12-20)21-18(23)15-9-10-16(27-4)17(13-15)29(25,26)22-14(2)3/h9-10,13-14,22H,5-8,11-12H2,1-4H3,(H,21,23). The molecule has 0 unspecified atom stereocenters. The van der Waals surface area contributed by atoms with Gasteiger partial charge in [-0.05, 0) is 51.8 Å². The lowest BCUT2D eigenvalue weighted by Gasteiger charge is -2.35. The molecule has 2 N–H and O–H groups in total. The van der Waals surface area contributed by atoms with Crippen molar-refractivity contribution in [2.75, 3.05) is 13.7 Å². The average molecular weight is 427 g/mol. The van der Waals surface area contributed by atoms with Gasteiger partial charge in [0.2, 0.25) is 10.0 Å². The number of carbonyl (C=O) groups excluding carboxylic acids is 2. The van der Waals surface area contributed by atoms with Crippen LogP contribution in [0, 0.1) is 0 Å². The molecule has 1 fully saturated rings. The fourth-order valence-corrected chi connectivity index (χ4v) is 4.94. The van der Waals surface area contributed by atoms with Gasteiger partial charge in [0.05, 0.1) is 13.7 Å². The molecule has 8 nitrogen and oxygen atoms in total. The van der Waals surface area contributed by atoms with Crippen LogP contribution >= 0.6 is 0 Å². The molecule has 0 heterocycles. The van der Waals surface area contributed by atoms with Crippen LogP contribution in [0.4, 0.5) is 0 Å². The SMILES string of the molecule is CCOC(=O)C1(NC(=O)c2ccc(OC)c(S(=O)(=O)NC(C)C)c2)CCCCC1. The van der Waals surface area contributed by atoms with E-state index in [9.17, 15) is 18.0 Å². The van der Waals surface area contributed by atoms with E-state index < -0.39 is 27.4 Å². The second kappa shape index (κ2) is 9.58. The van der Waals surface area contributed by atoms with Crippen LogP contribution in [0.1, 0.15) is 63.2 Å². The summed E-state index contributed by atoms with van der Waals surface area (Å²) in [6.45, 7) is 5.35. The molecule has 0 radical (unpaired) electrons. The number of sulfonamides is 1. The van der Waals surface area contributed by atoms with E-state index in [0.717, 1.165) is 19.3 Å². The number of ether oxygens (including phenoxy) is 2. The fourth-order valence-electron chi connectivity index (χ4n) is 3.50. The van der Waals surface area contributed by atoms with Crippen molar-refractivity contribution >= 4 is 21.9 Å². The summed E-state index contributed by atoms with van der Waals surface area (Å²) in [6, 6.07) is 3.85. The van der Waals surface area contributed by atoms with Crippen molar-refractivity contribution in [3.63, 3.8) is 0 Å². The maximum atomic E-state index is 13.0. The number of hydrogen-bond donors (Lipinski definition) is 2. The summed E-state index contributed by atoms with van der Waals surface area (Å²) in [5.74, 6) is -0.841. The maximum absolute atomic E-state index is 13.0. The number of benzene rings is 1. The van der Waals surface area contributed by atoms with E-state index >= 15 is 0 Å². The monoisotopic (exact) mass is 426 g/mol. The van der Waals surface area contributed by atoms with Crippen molar-refractivity contribution in [2.24, 2.45) is 0 Å². The minimum Gasteiger partial charge on any atom is -0.495 e. The lowest BCUT2D eigenvalue weighted by atomic mass is 9.81. The molecule has 0 saturated heterocycles. The van der Waals surface area contributed by atoms with Crippen LogP contribution in [-0.2, 0) is 19.6 Å². The predicted molar refractivity (Wildman–Crippen MR) is 108 cm³/mol. The largest absolute Gasteiger partial charge is 0.495 e. The Morgan fingerprint density at radius 3 is 2.38 bits per heavy atom. The van der Waals surface area contributed by atoms with Gasteiger partial charge in [-0.25, -0.2) is 17.9 Å². The van der Waals surface area contributed by atoms with E-state index in [1.807, 2.05) is 0 Å². The van der Waals surface area contributed by atoms with Gasteiger partial charge in [0.15, 0.2) is 0 Å². The molecule has 0 atom stereocenters. The molecule has 1 aliphatic rings. The van der Waals surface area contributed by atoms with Gasteiger partial charge in [-0.2, -0.15) is 0 Å². The Bertz CT molecular complexity index is 845. The molecule has 0 spiro atoms. The van der Waals surface area contributed by atoms with Crippen LogP contribution < -0.4 is 14.8 Å². The van der Waals surface area contributed by atoms with Gasteiger partial charge in [0.25, 0.3) is 5.91 Å². The zero-order valence-corrected chi connectivity index (χ0v) is 18.2.